The molecule has 0 saturated carbocycles. The molecule has 2 aromatic rings. The normalized spacial score (nSPS) is 20.2. The summed E-state index contributed by atoms with van der Waals surface area (Å²) in [5, 5.41) is 16.6. The van der Waals surface area contributed by atoms with Gasteiger partial charge in [0.05, 0.1) is 6.21 Å². The Balaban J connectivity index is 1.91. The maximum atomic E-state index is 12.7. The third-order valence-electron chi connectivity index (χ3n) is 4.52. The first-order valence-corrected chi connectivity index (χ1v) is 7.71. The minimum absolute atomic E-state index is 0.450. The third-order valence-corrected chi connectivity index (χ3v) is 4.52. The third kappa shape index (κ3) is 2.58. The van der Waals surface area contributed by atoms with Crippen LogP contribution >= 0.6 is 0 Å². The van der Waals surface area contributed by atoms with Gasteiger partial charge in [-0.3, -0.25) is 4.79 Å². The lowest BCUT2D eigenvalue weighted by atomic mass is 9.92. The van der Waals surface area contributed by atoms with Gasteiger partial charge in [-0.1, -0.05) is 30.3 Å². The van der Waals surface area contributed by atoms with Crippen LogP contribution in [0.15, 0.2) is 41.5 Å². The molecule has 1 aliphatic rings. The van der Waals surface area contributed by atoms with Crippen LogP contribution in [0.5, 0.6) is 0 Å². The Bertz CT molecular complexity index is 923. The molecule has 0 aliphatic carbocycles. The largest absolute Gasteiger partial charge is 0.346 e. The summed E-state index contributed by atoms with van der Waals surface area (Å²) in [5.41, 5.74) is 1.50. The predicted octanol–water partition coefficient (Wildman–Crippen LogP) is 2.01. The zero-order valence-corrected chi connectivity index (χ0v) is 14.1. The molecule has 1 fully saturated rings. The predicted molar refractivity (Wildman–Crippen MR) is 91.6 cm³/mol. The van der Waals surface area contributed by atoms with Crippen molar-refractivity contribution in [2.24, 2.45) is 12.1 Å². The van der Waals surface area contributed by atoms with Crippen LogP contribution in [0.4, 0.5) is 4.79 Å². The number of rotatable bonds is 3. The van der Waals surface area contributed by atoms with E-state index in [4.69, 9.17) is 5.26 Å². The van der Waals surface area contributed by atoms with Gasteiger partial charge in [0, 0.05) is 18.3 Å². The molecule has 0 radical (unpaired) electrons. The summed E-state index contributed by atoms with van der Waals surface area (Å²) >= 11 is 0. The van der Waals surface area contributed by atoms with Crippen molar-refractivity contribution >= 4 is 18.2 Å². The highest BCUT2D eigenvalue weighted by Crippen LogP contribution is 2.28. The van der Waals surface area contributed by atoms with Crippen LogP contribution in [0.2, 0.25) is 0 Å². The van der Waals surface area contributed by atoms with Crippen molar-refractivity contribution in [3.8, 4) is 6.07 Å². The van der Waals surface area contributed by atoms with E-state index in [9.17, 15) is 9.59 Å². The first kappa shape index (κ1) is 16.5. The van der Waals surface area contributed by atoms with Gasteiger partial charge < -0.3 is 9.88 Å². The molecule has 2 heterocycles. The molecule has 7 heteroatoms. The molecule has 1 N–H and O–H groups in total. The number of carbonyl (C=O) groups excluding carboxylic acids is 2. The fraction of sp³-hybridized carbons (Fsp3) is 0.222. The SMILES string of the molecule is Cc1c(/C=N\N2C(=O)N[C@@](C)(c3ccccc3)C2=O)cc(C#N)n1C. The van der Waals surface area contributed by atoms with Crippen LogP contribution in [0.25, 0.3) is 0 Å². The van der Waals surface area contributed by atoms with Crippen molar-refractivity contribution in [3.63, 3.8) is 0 Å². The van der Waals surface area contributed by atoms with Gasteiger partial charge in [0.1, 0.15) is 17.3 Å². The number of nitrogens with one attached hydrogen (secondary N) is 1. The second-order valence-electron chi connectivity index (χ2n) is 6.02. The van der Waals surface area contributed by atoms with E-state index in [0.717, 1.165) is 10.7 Å². The highest BCUT2D eigenvalue weighted by molar-refractivity contribution is 6.07. The molecule has 25 heavy (non-hydrogen) atoms. The molecule has 7 nitrogen and oxygen atoms in total. The van der Waals surface area contributed by atoms with Gasteiger partial charge in [0.25, 0.3) is 5.91 Å². The van der Waals surface area contributed by atoms with E-state index >= 15 is 0 Å². The second-order valence-corrected chi connectivity index (χ2v) is 6.02. The number of urea groups is 1. The molecule has 0 unspecified atom stereocenters. The standard InChI is InChI=1S/C18H17N5O2/c1-12-13(9-15(10-19)22(12)3)11-20-23-16(24)18(2,21-17(23)25)14-7-5-4-6-8-14/h4-9,11H,1-3H3,(H,21,25)/b20-11-/t18-/m0/s1. The first-order chi connectivity index (χ1) is 11.9. The van der Waals surface area contributed by atoms with E-state index in [0.29, 0.717) is 16.8 Å². The topological polar surface area (TPSA) is 90.5 Å². The van der Waals surface area contributed by atoms with Gasteiger partial charge in [-0.25, -0.2) is 4.79 Å². The molecule has 1 aliphatic heterocycles. The lowest BCUT2D eigenvalue weighted by molar-refractivity contribution is -0.131. The van der Waals surface area contributed by atoms with Crippen molar-refractivity contribution in [2.75, 3.05) is 0 Å². The summed E-state index contributed by atoms with van der Waals surface area (Å²) in [6.07, 6.45) is 1.42. The van der Waals surface area contributed by atoms with Crippen molar-refractivity contribution < 1.29 is 9.59 Å². The average Bonchev–Trinajstić information content (AvgIpc) is 3.01. The van der Waals surface area contributed by atoms with Crippen LogP contribution in [0.3, 0.4) is 0 Å². The van der Waals surface area contributed by atoms with Gasteiger partial charge in [0.15, 0.2) is 0 Å². The first-order valence-electron chi connectivity index (χ1n) is 7.71. The molecule has 1 atom stereocenters. The number of nitriles is 1. The Labute approximate surface area is 145 Å². The monoisotopic (exact) mass is 335 g/mol. The van der Waals surface area contributed by atoms with Gasteiger partial charge in [-0.15, -0.1) is 5.01 Å². The Morgan fingerprint density at radius 2 is 1.96 bits per heavy atom. The minimum Gasteiger partial charge on any atom is -0.339 e. The minimum atomic E-state index is -1.15. The van der Waals surface area contributed by atoms with Crippen LogP contribution < -0.4 is 5.32 Å². The number of hydrogen-bond acceptors (Lipinski definition) is 4. The molecule has 0 spiro atoms. The van der Waals surface area contributed by atoms with E-state index in [1.54, 1.807) is 36.7 Å². The summed E-state index contributed by atoms with van der Waals surface area (Å²) in [7, 11) is 1.77. The zero-order valence-electron chi connectivity index (χ0n) is 14.1. The molecule has 1 aromatic heterocycles. The quantitative estimate of drug-likeness (QED) is 0.687. The maximum absolute atomic E-state index is 12.7. The van der Waals surface area contributed by atoms with Crippen molar-refractivity contribution in [2.45, 2.75) is 19.4 Å². The van der Waals surface area contributed by atoms with E-state index < -0.39 is 17.5 Å². The van der Waals surface area contributed by atoms with Gasteiger partial charge in [-0.2, -0.15) is 10.4 Å². The van der Waals surface area contributed by atoms with Gasteiger partial charge >= 0.3 is 6.03 Å². The highest BCUT2D eigenvalue weighted by atomic mass is 16.2. The fourth-order valence-corrected chi connectivity index (χ4v) is 2.78. The highest BCUT2D eigenvalue weighted by Gasteiger charge is 2.49. The number of benzene rings is 1. The van der Waals surface area contributed by atoms with E-state index in [-0.39, 0.29) is 0 Å². The average molecular weight is 335 g/mol. The number of hydrogen-bond donors (Lipinski definition) is 1. The van der Waals surface area contributed by atoms with Crippen molar-refractivity contribution in [1.82, 2.24) is 14.9 Å². The summed E-state index contributed by atoms with van der Waals surface area (Å²) < 4.78 is 1.72. The van der Waals surface area contributed by atoms with Crippen molar-refractivity contribution in [3.05, 3.63) is 58.9 Å². The second kappa shape index (κ2) is 5.91. The number of nitrogens with zero attached hydrogens (tertiary/aromatic N) is 4. The number of imide groups is 1. The van der Waals surface area contributed by atoms with Crippen LogP contribution in [-0.4, -0.2) is 27.7 Å². The lowest BCUT2D eigenvalue weighted by Crippen LogP contribution is -2.40. The molecule has 3 rings (SSSR count). The van der Waals surface area contributed by atoms with E-state index in [2.05, 4.69) is 16.5 Å². The molecule has 3 amide bonds. The van der Waals surface area contributed by atoms with Gasteiger partial charge in [0.2, 0.25) is 0 Å². The van der Waals surface area contributed by atoms with Gasteiger partial charge in [-0.05, 0) is 25.5 Å². The van der Waals surface area contributed by atoms with E-state index in [1.807, 2.05) is 25.1 Å². The summed E-state index contributed by atoms with van der Waals surface area (Å²) in [6.45, 7) is 3.49. The van der Waals surface area contributed by atoms with Crippen LogP contribution in [0.1, 0.15) is 29.4 Å². The number of aromatic nitrogens is 1. The van der Waals surface area contributed by atoms with E-state index in [1.165, 1.54) is 6.21 Å². The smallest absolute Gasteiger partial charge is 0.339 e. The van der Waals surface area contributed by atoms with Crippen LogP contribution in [-0.2, 0) is 17.4 Å². The summed E-state index contributed by atoms with van der Waals surface area (Å²) in [6, 6.07) is 12.2. The zero-order chi connectivity index (χ0) is 18.2. The lowest BCUT2D eigenvalue weighted by Gasteiger charge is -2.20. The molecule has 1 aromatic carbocycles. The number of hydrazone groups is 1. The Morgan fingerprint density at radius 3 is 2.56 bits per heavy atom. The molecule has 126 valence electrons. The fourth-order valence-electron chi connectivity index (χ4n) is 2.78. The number of amides is 3. The Morgan fingerprint density at radius 1 is 1.28 bits per heavy atom. The van der Waals surface area contributed by atoms with Crippen molar-refractivity contribution in [1.29, 1.82) is 5.26 Å². The molecular weight excluding hydrogens is 318 g/mol. The Kier molecular flexibility index (Phi) is 3.89. The summed E-state index contributed by atoms with van der Waals surface area (Å²) in [4.78, 5) is 25.0. The maximum Gasteiger partial charge on any atom is 0.346 e. The molecule has 0 bridgehead atoms. The molecule has 1 saturated heterocycles. The number of carbonyl (C=O) groups is 2. The van der Waals surface area contributed by atoms with Crippen LogP contribution in [0, 0.1) is 18.3 Å². The summed E-state index contributed by atoms with van der Waals surface area (Å²) in [5.74, 6) is -0.450. The Hall–Kier alpha value is -3.40. The molecular formula is C18H17N5O2.